The predicted octanol–water partition coefficient (Wildman–Crippen LogP) is 2.35. The van der Waals surface area contributed by atoms with E-state index >= 15 is 0 Å². The van der Waals surface area contributed by atoms with Crippen LogP contribution in [0.25, 0.3) is 0 Å². The lowest BCUT2D eigenvalue weighted by atomic mass is 10.2. The molecule has 0 fully saturated rings. The average molecular weight is 354 g/mol. The van der Waals surface area contributed by atoms with Gasteiger partial charge in [0.05, 0.1) is 0 Å². The van der Waals surface area contributed by atoms with E-state index in [1.807, 2.05) is 57.1 Å². The quantitative estimate of drug-likeness (QED) is 0.829. The fraction of sp³-hybridized carbons (Fsp3) is 0.350. The van der Waals surface area contributed by atoms with Crippen LogP contribution in [0.4, 0.5) is 5.69 Å². The first-order valence-corrected chi connectivity index (χ1v) is 8.71. The van der Waals surface area contributed by atoms with Crippen molar-refractivity contribution in [1.82, 2.24) is 15.2 Å². The molecule has 0 atom stereocenters. The van der Waals surface area contributed by atoms with Crippen LogP contribution in [0.2, 0.25) is 0 Å². The topological polar surface area (TPSA) is 65.5 Å². The molecule has 6 nitrogen and oxygen atoms in total. The van der Waals surface area contributed by atoms with Crippen LogP contribution in [0, 0.1) is 6.92 Å². The fourth-order valence-electron chi connectivity index (χ4n) is 2.54. The zero-order chi connectivity index (χ0) is 19.1. The number of hydrogen-bond donors (Lipinski definition) is 1. The highest BCUT2D eigenvalue weighted by Crippen LogP contribution is 2.18. The van der Waals surface area contributed by atoms with Gasteiger partial charge in [0, 0.05) is 25.3 Å². The highest BCUT2D eigenvalue weighted by molar-refractivity contribution is 6.05. The minimum Gasteiger partial charge on any atom is -0.349 e. The third-order valence-corrected chi connectivity index (χ3v) is 3.92. The van der Waals surface area contributed by atoms with Gasteiger partial charge in [-0.3, -0.25) is 9.59 Å². The fourth-order valence-corrected chi connectivity index (χ4v) is 2.54. The van der Waals surface area contributed by atoms with Gasteiger partial charge in [0.15, 0.2) is 0 Å². The lowest BCUT2D eigenvalue weighted by molar-refractivity contribution is 0.0945. The number of rotatable bonds is 7. The van der Waals surface area contributed by atoms with E-state index in [2.05, 4.69) is 10.3 Å². The summed E-state index contributed by atoms with van der Waals surface area (Å²) in [5, 5.41) is 2.81. The van der Waals surface area contributed by atoms with Gasteiger partial charge in [0.2, 0.25) is 0 Å². The van der Waals surface area contributed by atoms with Crippen molar-refractivity contribution in [3.63, 3.8) is 0 Å². The predicted molar refractivity (Wildman–Crippen MR) is 104 cm³/mol. The number of carbonyl (C=O) groups is 2. The van der Waals surface area contributed by atoms with Crippen LogP contribution >= 0.6 is 0 Å². The summed E-state index contributed by atoms with van der Waals surface area (Å²) in [7, 11) is 3.88. The van der Waals surface area contributed by atoms with Crippen LogP contribution in [0.1, 0.15) is 33.5 Å². The van der Waals surface area contributed by atoms with E-state index in [0.29, 0.717) is 13.1 Å². The molecular formula is C20H26N4O2. The molecule has 26 heavy (non-hydrogen) atoms. The maximum absolute atomic E-state index is 12.9. The summed E-state index contributed by atoms with van der Waals surface area (Å²) < 4.78 is 0. The van der Waals surface area contributed by atoms with E-state index in [1.54, 1.807) is 23.1 Å². The molecule has 0 saturated carbocycles. The highest BCUT2D eigenvalue weighted by atomic mass is 16.2. The van der Waals surface area contributed by atoms with Crippen molar-refractivity contribution in [2.45, 2.75) is 13.8 Å². The zero-order valence-corrected chi connectivity index (χ0v) is 15.8. The molecule has 1 aromatic carbocycles. The lowest BCUT2D eigenvalue weighted by Crippen LogP contribution is -2.33. The van der Waals surface area contributed by atoms with Gasteiger partial charge in [-0.05, 0) is 57.8 Å². The second-order valence-electron chi connectivity index (χ2n) is 6.36. The molecular weight excluding hydrogens is 328 g/mol. The number of likely N-dealkylation sites (N-methyl/N-ethyl adjacent to an activating group) is 1. The second-order valence-corrected chi connectivity index (χ2v) is 6.36. The summed E-state index contributed by atoms with van der Waals surface area (Å²) in [6.07, 6.45) is 0. The number of hydrogen-bond acceptors (Lipinski definition) is 4. The number of carbonyl (C=O) groups excluding carboxylic acids is 2. The van der Waals surface area contributed by atoms with Crippen LogP contribution in [-0.4, -0.2) is 55.4 Å². The van der Waals surface area contributed by atoms with Crippen molar-refractivity contribution in [1.29, 1.82) is 0 Å². The Morgan fingerprint density at radius 2 is 1.77 bits per heavy atom. The molecule has 2 aromatic rings. The molecule has 0 aliphatic rings. The Hall–Kier alpha value is -2.73. The van der Waals surface area contributed by atoms with Crippen molar-refractivity contribution < 1.29 is 9.59 Å². The minimum atomic E-state index is -0.278. The Balaban J connectivity index is 2.17. The van der Waals surface area contributed by atoms with Gasteiger partial charge in [-0.2, -0.15) is 0 Å². The maximum atomic E-state index is 12.9. The van der Waals surface area contributed by atoms with E-state index in [4.69, 9.17) is 0 Å². The number of nitrogens with zero attached hydrogens (tertiary/aromatic N) is 3. The molecule has 1 heterocycles. The summed E-state index contributed by atoms with van der Waals surface area (Å²) >= 11 is 0. The van der Waals surface area contributed by atoms with Crippen molar-refractivity contribution in [3.05, 3.63) is 59.4 Å². The number of nitrogens with one attached hydrogen (secondary N) is 1. The van der Waals surface area contributed by atoms with Gasteiger partial charge < -0.3 is 15.1 Å². The molecule has 0 bridgehead atoms. The van der Waals surface area contributed by atoms with E-state index < -0.39 is 0 Å². The Morgan fingerprint density at radius 3 is 2.42 bits per heavy atom. The molecule has 1 N–H and O–H groups in total. The summed E-state index contributed by atoms with van der Waals surface area (Å²) in [6.45, 7) is 5.68. The third-order valence-electron chi connectivity index (χ3n) is 3.92. The smallest absolute Gasteiger partial charge is 0.276 e. The maximum Gasteiger partial charge on any atom is 0.276 e. The zero-order valence-electron chi connectivity index (χ0n) is 15.8. The molecule has 0 aliphatic heterocycles. The summed E-state index contributed by atoms with van der Waals surface area (Å²) in [5.41, 5.74) is 2.40. The Kier molecular flexibility index (Phi) is 6.86. The number of aryl methyl sites for hydroxylation is 1. The lowest BCUT2D eigenvalue weighted by Gasteiger charge is -2.21. The first-order chi connectivity index (χ1) is 12.4. The summed E-state index contributed by atoms with van der Waals surface area (Å²) in [4.78, 5) is 33.0. The van der Waals surface area contributed by atoms with Crippen LogP contribution in [0.5, 0.6) is 0 Å². The third kappa shape index (κ3) is 5.13. The summed E-state index contributed by atoms with van der Waals surface area (Å²) in [5.74, 6) is -0.499. The van der Waals surface area contributed by atoms with Gasteiger partial charge in [-0.15, -0.1) is 0 Å². The molecule has 2 amide bonds. The normalized spacial score (nSPS) is 10.7. The Morgan fingerprint density at radius 1 is 1.08 bits per heavy atom. The van der Waals surface area contributed by atoms with Gasteiger partial charge in [0.1, 0.15) is 11.4 Å². The standard InChI is InChI=1S/C20H26N4O2/c1-5-24(16-9-6-8-15(2)14-16)20(26)18-11-7-10-17(22-18)19(25)21-12-13-23(3)4/h6-11,14H,5,12-13H2,1-4H3,(H,21,25). The number of aromatic nitrogens is 1. The van der Waals surface area contributed by atoms with E-state index in [-0.39, 0.29) is 23.2 Å². The van der Waals surface area contributed by atoms with Gasteiger partial charge in [-0.25, -0.2) is 4.98 Å². The van der Waals surface area contributed by atoms with Crippen molar-refractivity contribution in [2.75, 3.05) is 38.6 Å². The minimum absolute atomic E-state index is 0.221. The van der Waals surface area contributed by atoms with Crippen LogP contribution < -0.4 is 10.2 Å². The van der Waals surface area contributed by atoms with Gasteiger partial charge in [0.25, 0.3) is 11.8 Å². The molecule has 6 heteroatoms. The highest BCUT2D eigenvalue weighted by Gasteiger charge is 2.19. The van der Waals surface area contributed by atoms with Gasteiger partial charge in [-0.1, -0.05) is 18.2 Å². The molecule has 2 rings (SSSR count). The monoisotopic (exact) mass is 354 g/mol. The second kappa shape index (κ2) is 9.10. The molecule has 0 unspecified atom stereocenters. The molecule has 1 aromatic heterocycles. The van der Waals surface area contributed by atoms with Crippen molar-refractivity contribution in [2.24, 2.45) is 0 Å². The molecule has 0 radical (unpaired) electrons. The number of benzene rings is 1. The van der Waals surface area contributed by atoms with Crippen LogP contribution in [-0.2, 0) is 0 Å². The number of amides is 2. The van der Waals surface area contributed by atoms with Crippen LogP contribution in [0.15, 0.2) is 42.5 Å². The first kappa shape index (κ1) is 19.6. The van der Waals surface area contributed by atoms with E-state index in [1.165, 1.54) is 0 Å². The Labute approximate surface area is 154 Å². The van der Waals surface area contributed by atoms with E-state index in [9.17, 15) is 9.59 Å². The largest absolute Gasteiger partial charge is 0.349 e. The first-order valence-electron chi connectivity index (χ1n) is 8.71. The van der Waals surface area contributed by atoms with Crippen molar-refractivity contribution in [3.8, 4) is 0 Å². The van der Waals surface area contributed by atoms with Crippen molar-refractivity contribution >= 4 is 17.5 Å². The summed E-state index contributed by atoms with van der Waals surface area (Å²) in [6, 6.07) is 12.7. The SMILES string of the molecule is CCN(C(=O)c1cccc(C(=O)NCCN(C)C)n1)c1cccc(C)c1. The average Bonchev–Trinajstić information content (AvgIpc) is 2.62. The molecule has 0 saturated heterocycles. The number of pyridine rings is 1. The van der Waals surface area contributed by atoms with Gasteiger partial charge >= 0.3 is 0 Å². The van der Waals surface area contributed by atoms with E-state index in [0.717, 1.165) is 17.8 Å². The van der Waals surface area contributed by atoms with Crippen LogP contribution in [0.3, 0.4) is 0 Å². The molecule has 138 valence electrons. The number of anilines is 1. The molecule has 0 spiro atoms. The molecule has 0 aliphatic carbocycles. The Bertz CT molecular complexity index is 774.